The van der Waals surface area contributed by atoms with Crippen LogP contribution in [-0.4, -0.2) is 30.2 Å². The molecule has 2 fully saturated rings. The number of rotatable bonds is 4. The molecule has 0 aromatic carbocycles. The largest absolute Gasteiger partial charge is 0.381 e. The molecule has 0 bridgehead atoms. The molecule has 2 unspecified atom stereocenters. The Balaban J connectivity index is 1.87. The lowest BCUT2D eigenvalue weighted by Gasteiger charge is -2.36. The molecule has 0 heterocycles. The first-order chi connectivity index (χ1) is 7.78. The van der Waals surface area contributed by atoms with Gasteiger partial charge in [0.05, 0.1) is 17.8 Å². The number of methoxy groups -OCH3 is 1. The zero-order valence-corrected chi connectivity index (χ0v) is 11.8. The number of hydrogen-bond acceptors (Lipinski definition) is 2. The van der Waals surface area contributed by atoms with E-state index in [2.05, 4.69) is 15.9 Å². The van der Waals surface area contributed by atoms with Gasteiger partial charge in [0.15, 0.2) is 0 Å². The summed E-state index contributed by atoms with van der Waals surface area (Å²) in [6.45, 7) is 0. The average molecular weight is 291 g/mol. The van der Waals surface area contributed by atoms with E-state index in [1.165, 1.54) is 44.9 Å². The van der Waals surface area contributed by atoms with E-state index in [1.54, 1.807) is 0 Å². The molecule has 0 amide bonds. The first-order valence-corrected chi connectivity index (χ1v) is 7.67. The van der Waals surface area contributed by atoms with Crippen molar-refractivity contribution in [1.82, 2.24) is 0 Å². The van der Waals surface area contributed by atoms with Gasteiger partial charge in [-0.05, 0) is 38.5 Å². The van der Waals surface area contributed by atoms with Gasteiger partial charge in [-0.2, -0.15) is 0 Å². The molecule has 2 saturated carbocycles. The fraction of sp³-hybridized carbons (Fsp3) is 1.00. The lowest BCUT2D eigenvalue weighted by atomic mass is 9.93. The van der Waals surface area contributed by atoms with Crippen molar-refractivity contribution in [3.8, 4) is 0 Å². The highest BCUT2D eigenvalue weighted by molar-refractivity contribution is 9.09. The van der Waals surface area contributed by atoms with E-state index in [0.717, 1.165) is 11.8 Å². The second kappa shape index (κ2) is 5.83. The second-order valence-electron chi connectivity index (χ2n) is 5.29. The van der Waals surface area contributed by atoms with E-state index >= 15 is 0 Å². The smallest absolute Gasteiger partial charge is 0.0782 e. The van der Waals surface area contributed by atoms with E-state index in [1.807, 2.05) is 7.11 Å². The highest BCUT2D eigenvalue weighted by Gasteiger charge is 2.37. The molecule has 16 heavy (non-hydrogen) atoms. The first kappa shape index (κ1) is 12.8. The van der Waals surface area contributed by atoms with Crippen LogP contribution in [0, 0.1) is 0 Å². The maximum atomic E-state index is 6.39. The van der Waals surface area contributed by atoms with Crippen LogP contribution in [0.5, 0.6) is 0 Å². The maximum Gasteiger partial charge on any atom is 0.0782 e. The van der Waals surface area contributed by atoms with Crippen molar-refractivity contribution < 1.29 is 9.47 Å². The Morgan fingerprint density at radius 3 is 2.44 bits per heavy atom. The zero-order valence-electron chi connectivity index (χ0n) is 10.2. The van der Waals surface area contributed by atoms with Gasteiger partial charge in [-0.15, -0.1) is 0 Å². The monoisotopic (exact) mass is 290 g/mol. The summed E-state index contributed by atoms with van der Waals surface area (Å²) in [4.78, 5) is 0. The summed E-state index contributed by atoms with van der Waals surface area (Å²) >= 11 is 3.64. The third kappa shape index (κ3) is 2.99. The van der Waals surface area contributed by atoms with Crippen LogP contribution < -0.4 is 0 Å². The molecular formula is C13H23BrO2. The predicted molar refractivity (Wildman–Crippen MR) is 69.1 cm³/mol. The molecule has 0 spiro atoms. The normalized spacial score (nSPS) is 34.1. The summed E-state index contributed by atoms with van der Waals surface area (Å²) in [5.41, 5.74) is 0.139. The van der Waals surface area contributed by atoms with E-state index in [9.17, 15) is 0 Å². The van der Waals surface area contributed by atoms with E-state index in [4.69, 9.17) is 9.47 Å². The van der Waals surface area contributed by atoms with Gasteiger partial charge < -0.3 is 9.47 Å². The van der Waals surface area contributed by atoms with Crippen molar-refractivity contribution in [3.63, 3.8) is 0 Å². The molecule has 94 valence electrons. The van der Waals surface area contributed by atoms with Crippen molar-refractivity contribution >= 4 is 15.9 Å². The highest BCUT2D eigenvalue weighted by Crippen LogP contribution is 2.38. The van der Waals surface area contributed by atoms with Crippen LogP contribution in [0.4, 0.5) is 0 Å². The van der Waals surface area contributed by atoms with Crippen LogP contribution in [-0.2, 0) is 9.47 Å². The molecule has 0 aromatic rings. The van der Waals surface area contributed by atoms with Crippen LogP contribution in [0.1, 0.15) is 51.4 Å². The van der Waals surface area contributed by atoms with Gasteiger partial charge in [0.25, 0.3) is 0 Å². The van der Waals surface area contributed by atoms with E-state index in [-0.39, 0.29) is 5.60 Å². The third-order valence-electron chi connectivity index (χ3n) is 4.09. The molecule has 2 nitrogen and oxygen atoms in total. The average Bonchev–Trinajstić information content (AvgIpc) is 2.78. The lowest BCUT2D eigenvalue weighted by molar-refractivity contribution is -0.108. The molecule has 2 rings (SSSR count). The van der Waals surface area contributed by atoms with Gasteiger partial charge in [-0.3, -0.25) is 0 Å². The molecule has 0 aliphatic heterocycles. The van der Waals surface area contributed by atoms with Crippen LogP contribution in [0.15, 0.2) is 0 Å². The van der Waals surface area contributed by atoms with E-state index in [0.29, 0.717) is 12.2 Å². The van der Waals surface area contributed by atoms with Gasteiger partial charge in [-0.25, -0.2) is 0 Å². The van der Waals surface area contributed by atoms with Crippen molar-refractivity contribution in [3.05, 3.63) is 0 Å². The Morgan fingerprint density at radius 2 is 1.81 bits per heavy atom. The summed E-state index contributed by atoms with van der Waals surface area (Å²) in [5.74, 6) is 0. The highest BCUT2D eigenvalue weighted by atomic mass is 79.9. The summed E-state index contributed by atoms with van der Waals surface area (Å²) in [5, 5.41) is 0.994. The topological polar surface area (TPSA) is 18.5 Å². The molecule has 3 heteroatoms. The molecule has 2 aliphatic carbocycles. The minimum Gasteiger partial charge on any atom is -0.381 e. The Morgan fingerprint density at radius 1 is 1.12 bits per heavy atom. The molecule has 2 atom stereocenters. The Kier molecular flexibility index (Phi) is 4.68. The van der Waals surface area contributed by atoms with Crippen molar-refractivity contribution in [2.45, 2.75) is 69.2 Å². The van der Waals surface area contributed by atoms with Gasteiger partial charge in [-0.1, -0.05) is 28.8 Å². The van der Waals surface area contributed by atoms with Crippen LogP contribution in [0.3, 0.4) is 0 Å². The first-order valence-electron chi connectivity index (χ1n) is 6.54. The van der Waals surface area contributed by atoms with Crippen molar-refractivity contribution in [2.24, 2.45) is 0 Å². The van der Waals surface area contributed by atoms with Crippen molar-refractivity contribution in [1.29, 1.82) is 0 Å². The third-order valence-corrected chi connectivity index (χ3v) is 5.11. The second-order valence-corrected chi connectivity index (χ2v) is 5.85. The molecule has 0 saturated heterocycles. The standard InChI is InChI=1S/C13H23BrO2/c1-15-11-5-4-6-12(9-11)16-13(10-14)7-2-3-8-13/h11-12H,2-10H2,1H3. The van der Waals surface area contributed by atoms with Crippen LogP contribution in [0.2, 0.25) is 0 Å². The van der Waals surface area contributed by atoms with Crippen LogP contribution >= 0.6 is 15.9 Å². The summed E-state index contributed by atoms with van der Waals surface area (Å²) in [7, 11) is 1.82. The summed E-state index contributed by atoms with van der Waals surface area (Å²) < 4.78 is 11.9. The molecule has 2 aliphatic rings. The SMILES string of the molecule is COC1CCCC(OC2(CBr)CCCC2)C1. The Hall–Kier alpha value is 0.400. The predicted octanol–water partition coefficient (Wildman–Crippen LogP) is 3.67. The Labute approximate surface area is 107 Å². The number of halogens is 1. The number of hydrogen-bond donors (Lipinski definition) is 0. The van der Waals surface area contributed by atoms with Gasteiger partial charge >= 0.3 is 0 Å². The quantitative estimate of drug-likeness (QED) is 0.736. The summed E-state index contributed by atoms with van der Waals surface area (Å²) in [6, 6.07) is 0. The fourth-order valence-electron chi connectivity index (χ4n) is 3.08. The molecular weight excluding hydrogens is 268 g/mol. The lowest BCUT2D eigenvalue weighted by Crippen LogP contribution is -2.39. The van der Waals surface area contributed by atoms with Crippen molar-refractivity contribution in [2.75, 3.05) is 12.4 Å². The van der Waals surface area contributed by atoms with Gasteiger partial charge in [0, 0.05) is 12.4 Å². The fourth-order valence-corrected chi connectivity index (χ4v) is 3.77. The molecule has 0 aromatic heterocycles. The minimum atomic E-state index is 0.139. The zero-order chi connectivity index (χ0) is 11.4. The molecule has 0 N–H and O–H groups in total. The minimum absolute atomic E-state index is 0.139. The van der Waals surface area contributed by atoms with Gasteiger partial charge in [0.1, 0.15) is 0 Å². The van der Waals surface area contributed by atoms with Crippen LogP contribution in [0.25, 0.3) is 0 Å². The molecule has 0 radical (unpaired) electrons. The number of ether oxygens (including phenoxy) is 2. The van der Waals surface area contributed by atoms with Gasteiger partial charge in [0.2, 0.25) is 0 Å². The Bertz CT molecular complexity index is 214. The number of alkyl halides is 1. The summed E-state index contributed by atoms with van der Waals surface area (Å²) in [6.07, 6.45) is 10.7. The maximum absolute atomic E-state index is 6.39. The van der Waals surface area contributed by atoms with E-state index < -0.39 is 0 Å².